The SMILES string of the molecule is CCN(CC)c1nc(N)nc(NC(C)c2ccsc2)n1. The Kier molecular flexibility index (Phi) is 4.73. The zero-order chi connectivity index (χ0) is 14.5. The number of rotatable bonds is 6. The smallest absolute Gasteiger partial charge is 0.231 e. The molecule has 2 aromatic rings. The number of hydrogen-bond donors (Lipinski definition) is 2. The largest absolute Gasteiger partial charge is 0.368 e. The molecule has 0 saturated carbocycles. The monoisotopic (exact) mass is 292 g/mol. The van der Waals surface area contributed by atoms with Crippen molar-refractivity contribution in [3.05, 3.63) is 22.4 Å². The molecule has 1 atom stereocenters. The van der Waals surface area contributed by atoms with Crippen LogP contribution < -0.4 is 16.0 Å². The third-order valence-corrected chi connectivity index (χ3v) is 3.78. The fourth-order valence-corrected chi connectivity index (χ4v) is 2.65. The van der Waals surface area contributed by atoms with Crippen LogP contribution in [-0.4, -0.2) is 28.0 Å². The molecule has 0 spiro atoms. The second-order valence-electron chi connectivity index (χ2n) is 4.41. The Morgan fingerprint density at radius 1 is 1.30 bits per heavy atom. The fraction of sp³-hybridized carbons (Fsp3) is 0.462. The third-order valence-electron chi connectivity index (χ3n) is 3.08. The number of aromatic nitrogens is 3. The highest BCUT2D eigenvalue weighted by atomic mass is 32.1. The summed E-state index contributed by atoms with van der Waals surface area (Å²) in [6, 6.07) is 2.21. The number of thiophene rings is 1. The molecular weight excluding hydrogens is 272 g/mol. The molecule has 0 aliphatic heterocycles. The van der Waals surface area contributed by atoms with Crippen LogP contribution in [0.25, 0.3) is 0 Å². The van der Waals surface area contributed by atoms with Crippen LogP contribution in [0.1, 0.15) is 32.4 Å². The molecule has 0 aliphatic carbocycles. The van der Waals surface area contributed by atoms with E-state index in [0.29, 0.717) is 11.9 Å². The lowest BCUT2D eigenvalue weighted by atomic mass is 10.2. The van der Waals surface area contributed by atoms with Crippen molar-refractivity contribution in [2.24, 2.45) is 0 Å². The first-order chi connectivity index (χ1) is 9.63. The van der Waals surface area contributed by atoms with Crippen molar-refractivity contribution in [3.8, 4) is 0 Å². The maximum atomic E-state index is 5.77. The molecular formula is C13H20N6S. The average molecular weight is 292 g/mol. The van der Waals surface area contributed by atoms with Crippen molar-refractivity contribution in [3.63, 3.8) is 0 Å². The van der Waals surface area contributed by atoms with E-state index < -0.39 is 0 Å². The number of hydrogen-bond acceptors (Lipinski definition) is 7. The third kappa shape index (κ3) is 3.36. The summed E-state index contributed by atoms with van der Waals surface area (Å²) in [5, 5.41) is 7.42. The first-order valence-corrected chi connectivity index (χ1v) is 7.63. The molecule has 0 radical (unpaired) electrons. The van der Waals surface area contributed by atoms with E-state index in [9.17, 15) is 0 Å². The topological polar surface area (TPSA) is 80.0 Å². The summed E-state index contributed by atoms with van der Waals surface area (Å²) in [4.78, 5) is 14.8. The van der Waals surface area contributed by atoms with Gasteiger partial charge in [0.15, 0.2) is 0 Å². The number of nitrogens with two attached hydrogens (primary N) is 1. The quantitative estimate of drug-likeness (QED) is 0.851. The Bertz CT molecular complexity index is 538. The van der Waals surface area contributed by atoms with Crippen LogP contribution in [0.3, 0.4) is 0 Å². The van der Waals surface area contributed by atoms with Crippen LogP contribution in [0.2, 0.25) is 0 Å². The second kappa shape index (κ2) is 6.51. The minimum absolute atomic E-state index is 0.132. The van der Waals surface area contributed by atoms with Gasteiger partial charge in [-0.05, 0) is 43.2 Å². The summed E-state index contributed by atoms with van der Waals surface area (Å²) < 4.78 is 0. The van der Waals surface area contributed by atoms with Crippen molar-refractivity contribution in [2.45, 2.75) is 26.8 Å². The first-order valence-electron chi connectivity index (χ1n) is 6.69. The van der Waals surface area contributed by atoms with Gasteiger partial charge in [0.2, 0.25) is 17.8 Å². The molecule has 20 heavy (non-hydrogen) atoms. The fourth-order valence-electron chi connectivity index (χ4n) is 1.89. The zero-order valence-corrected chi connectivity index (χ0v) is 12.8. The Morgan fingerprint density at radius 3 is 2.65 bits per heavy atom. The summed E-state index contributed by atoms with van der Waals surface area (Å²) in [5.74, 6) is 1.36. The van der Waals surface area contributed by atoms with Gasteiger partial charge in [-0.3, -0.25) is 0 Å². The first kappa shape index (κ1) is 14.5. The lowest BCUT2D eigenvalue weighted by Gasteiger charge is -2.20. The molecule has 0 bridgehead atoms. The lowest BCUT2D eigenvalue weighted by Crippen LogP contribution is -2.25. The Balaban J connectivity index is 2.19. The highest BCUT2D eigenvalue weighted by molar-refractivity contribution is 7.07. The molecule has 6 nitrogen and oxygen atoms in total. The van der Waals surface area contributed by atoms with Gasteiger partial charge in [-0.25, -0.2) is 0 Å². The Hall–Kier alpha value is -1.89. The molecule has 108 valence electrons. The van der Waals surface area contributed by atoms with Crippen LogP contribution in [0.4, 0.5) is 17.8 Å². The molecule has 0 aromatic carbocycles. The molecule has 2 aromatic heterocycles. The minimum Gasteiger partial charge on any atom is -0.368 e. The predicted molar refractivity (Wildman–Crippen MR) is 84.2 cm³/mol. The summed E-state index contributed by atoms with van der Waals surface area (Å²) in [5.41, 5.74) is 6.98. The highest BCUT2D eigenvalue weighted by Gasteiger charge is 2.12. The van der Waals surface area contributed by atoms with Crippen LogP contribution in [0.5, 0.6) is 0 Å². The maximum Gasteiger partial charge on any atom is 0.231 e. The van der Waals surface area contributed by atoms with E-state index >= 15 is 0 Å². The van der Waals surface area contributed by atoms with Gasteiger partial charge >= 0.3 is 0 Å². The normalized spacial score (nSPS) is 12.2. The number of anilines is 3. The highest BCUT2D eigenvalue weighted by Crippen LogP contribution is 2.20. The summed E-state index contributed by atoms with van der Waals surface area (Å²) in [6.45, 7) is 7.85. The van der Waals surface area contributed by atoms with E-state index in [1.54, 1.807) is 11.3 Å². The van der Waals surface area contributed by atoms with E-state index in [2.05, 4.69) is 57.9 Å². The maximum absolute atomic E-state index is 5.77. The van der Waals surface area contributed by atoms with Gasteiger partial charge in [0.25, 0.3) is 0 Å². The van der Waals surface area contributed by atoms with Crippen LogP contribution >= 0.6 is 11.3 Å². The van der Waals surface area contributed by atoms with Crippen LogP contribution in [0.15, 0.2) is 16.8 Å². The average Bonchev–Trinajstić information content (AvgIpc) is 2.93. The van der Waals surface area contributed by atoms with E-state index in [-0.39, 0.29) is 12.0 Å². The predicted octanol–water partition coefficient (Wildman–Crippen LogP) is 2.53. The second-order valence-corrected chi connectivity index (χ2v) is 5.19. The van der Waals surface area contributed by atoms with Crippen LogP contribution in [-0.2, 0) is 0 Å². The van der Waals surface area contributed by atoms with E-state index in [1.807, 2.05) is 4.90 Å². The van der Waals surface area contributed by atoms with Crippen molar-refractivity contribution in [1.29, 1.82) is 0 Å². The molecule has 1 unspecified atom stereocenters. The molecule has 3 N–H and O–H groups in total. The zero-order valence-electron chi connectivity index (χ0n) is 12.0. The van der Waals surface area contributed by atoms with Crippen molar-refractivity contribution in [1.82, 2.24) is 15.0 Å². The molecule has 0 aliphatic rings. The van der Waals surface area contributed by atoms with E-state index in [1.165, 1.54) is 5.56 Å². The van der Waals surface area contributed by atoms with Gasteiger partial charge in [-0.1, -0.05) is 0 Å². The van der Waals surface area contributed by atoms with E-state index in [0.717, 1.165) is 13.1 Å². The van der Waals surface area contributed by atoms with Gasteiger partial charge in [0, 0.05) is 13.1 Å². The van der Waals surface area contributed by atoms with Crippen molar-refractivity contribution < 1.29 is 0 Å². The summed E-state index contributed by atoms with van der Waals surface area (Å²) >= 11 is 1.67. The molecule has 0 amide bonds. The van der Waals surface area contributed by atoms with Crippen molar-refractivity contribution >= 4 is 29.2 Å². The van der Waals surface area contributed by atoms with Gasteiger partial charge in [0.1, 0.15) is 0 Å². The Morgan fingerprint density at radius 2 is 2.05 bits per heavy atom. The summed E-state index contributed by atoms with van der Waals surface area (Å²) in [7, 11) is 0. The molecule has 2 heterocycles. The van der Waals surface area contributed by atoms with Gasteiger partial charge < -0.3 is 16.0 Å². The van der Waals surface area contributed by atoms with E-state index in [4.69, 9.17) is 5.73 Å². The molecule has 0 fully saturated rings. The number of nitrogen functional groups attached to an aromatic ring is 1. The van der Waals surface area contributed by atoms with Gasteiger partial charge in [0.05, 0.1) is 6.04 Å². The lowest BCUT2D eigenvalue weighted by molar-refractivity contribution is 0.803. The van der Waals surface area contributed by atoms with Gasteiger partial charge in [-0.2, -0.15) is 26.3 Å². The summed E-state index contributed by atoms with van der Waals surface area (Å²) in [6.07, 6.45) is 0. The standard InChI is InChI=1S/C13H20N6S/c1-4-19(5-2)13-17-11(14)16-12(18-13)15-9(3)10-6-7-20-8-10/h6-9H,4-5H2,1-3H3,(H3,14,15,16,17,18). The molecule has 2 rings (SSSR count). The minimum atomic E-state index is 0.132. The number of nitrogens with one attached hydrogen (secondary N) is 1. The van der Waals surface area contributed by atoms with Gasteiger partial charge in [-0.15, -0.1) is 0 Å². The van der Waals surface area contributed by atoms with Crippen LogP contribution in [0, 0.1) is 0 Å². The Labute approximate surface area is 123 Å². The number of nitrogens with zero attached hydrogens (tertiary/aromatic N) is 4. The van der Waals surface area contributed by atoms with Crippen molar-refractivity contribution in [2.75, 3.05) is 29.0 Å². The molecule has 7 heteroatoms. The molecule has 0 saturated heterocycles.